The molecule has 1 aromatic heterocycles. The molecule has 0 aromatic carbocycles. The van der Waals surface area contributed by atoms with Gasteiger partial charge in [-0.25, -0.2) is 9.98 Å². The number of rotatable bonds is 6. The smallest absolute Gasteiger partial charge is 0.191 e. The number of nitrogens with zero attached hydrogens (tertiary/aromatic N) is 2. The van der Waals surface area contributed by atoms with E-state index in [0.29, 0.717) is 6.54 Å². The fourth-order valence-electron chi connectivity index (χ4n) is 1.48. The Morgan fingerprint density at radius 2 is 2.17 bits per heavy atom. The zero-order chi connectivity index (χ0) is 13.4. The quantitative estimate of drug-likeness (QED) is 0.478. The van der Waals surface area contributed by atoms with Crippen LogP contribution in [0.25, 0.3) is 0 Å². The number of thioether (sulfide) groups is 1. The second-order valence-electron chi connectivity index (χ2n) is 3.86. The molecule has 0 saturated heterocycles. The van der Waals surface area contributed by atoms with Crippen LogP contribution in [0.4, 0.5) is 0 Å². The first-order valence-corrected chi connectivity index (χ1v) is 8.32. The Hall–Kier alpha value is -0.750. The summed E-state index contributed by atoms with van der Waals surface area (Å²) >= 11 is 3.55. The molecule has 0 bridgehead atoms. The normalized spacial score (nSPS) is 11.7. The van der Waals surface area contributed by atoms with Gasteiger partial charge in [-0.3, -0.25) is 0 Å². The number of thiazole rings is 1. The standard InChI is InChI=1S/C12H22N4S2/c1-5-13-12(14-6-7-17-4)15-8-11-9(2)16-10(3)18-11/h5-8H2,1-4H3,(H2,13,14,15). The topological polar surface area (TPSA) is 49.3 Å². The number of aliphatic imine (C=N–C) groups is 1. The summed E-state index contributed by atoms with van der Waals surface area (Å²) in [6, 6.07) is 0. The molecule has 1 heterocycles. The lowest BCUT2D eigenvalue weighted by Gasteiger charge is -2.10. The van der Waals surface area contributed by atoms with Crippen LogP contribution in [0.2, 0.25) is 0 Å². The summed E-state index contributed by atoms with van der Waals surface area (Å²) in [6.45, 7) is 8.68. The summed E-state index contributed by atoms with van der Waals surface area (Å²) in [5, 5.41) is 7.68. The number of hydrogen-bond acceptors (Lipinski definition) is 4. The number of nitrogens with one attached hydrogen (secondary N) is 2. The summed E-state index contributed by atoms with van der Waals surface area (Å²) in [5.41, 5.74) is 1.10. The van der Waals surface area contributed by atoms with E-state index in [1.54, 1.807) is 11.3 Å². The van der Waals surface area contributed by atoms with Crippen molar-refractivity contribution in [2.24, 2.45) is 4.99 Å². The molecular formula is C12H22N4S2. The average molecular weight is 286 g/mol. The lowest BCUT2D eigenvalue weighted by Crippen LogP contribution is -2.38. The SMILES string of the molecule is CCNC(=NCc1sc(C)nc1C)NCCSC. The van der Waals surface area contributed by atoms with Crippen LogP contribution in [-0.2, 0) is 6.54 Å². The number of aryl methyl sites for hydroxylation is 2. The lowest BCUT2D eigenvalue weighted by atomic mass is 10.4. The third kappa shape index (κ3) is 5.27. The minimum Gasteiger partial charge on any atom is -0.357 e. The van der Waals surface area contributed by atoms with Gasteiger partial charge in [-0.05, 0) is 27.0 Å². The van der Waals surface area contributed by atoms with E-state index in [9.17, 15) is 0 Å². The van der Waals surface area contributed by atoms with Crippen LogP contribution in [0.3, 0.4) is 0 Å². The molecule has 0 aliphatic rings. The predicted octanol–water partition coefficient (Wildman–Crippen LogP) is 2.18. The van der Waals surface area contributed by atoms with Crippen molar-refractivity contribution in [1.82, 2.24) is 15.6 Å². The van der Waals surface area contributed by atoms with Gasteiger partial charge in [0.05, 0.1) is 17.2 Å². The molecule has 0 radical (unpaired) electrons. The Labute approximate surface area is 118 Å². The van der Waals surface area contributed by atoms with Gasteiger partial charge in [0, 0.05) is 23.7 Å². The van der Waals surface area contributed by atoms with Gasteiger partial charge in [-0.2, -0.15) is 11.8 Å². The van der Waals surface area contributed by atoms with E-state index >= 15 is 0 Å². The van der Waals surface area contributed by atoms with E-state index in [2.05, 4.69) is 33.8 Å². The van der Waals surface area contributed by atoms with Gasteiger partial charge in [0.1, 0.15) is 0 Å². The van der Waals surface area contributed by atoms with Crippen molar-refractivity contribution in [3.05, 3.63) is 15.6 Å². The van der Waals surface area contributed by atoms with Crippen molar-refractivity contribution in [2.75, 3.05) is 25.1 Å². The highest BCUT2D eigenvalue weighted by atomic mass is 32.2. The molecule has 0 aliphatic heterocycles. The molecule has 6 heteroatoms. The third-order valence-electron chi connectivity index (χ3n) is 2.32. The van der Waals surface area contributed by atoms with Crippen molar-refractivity contribution in [3.8, 4) is 0 Å². The average Bonchev–Trinajstić information content (AvgIpc) is 2.65. The maximum Gasteiger partial charge on any atom is 0.191 e. The maximum absolute atomic E-state index is 4.59. The lowest BCUT2D eigenvalue weighted by molar-refractivity contribution is 0.844. The van der Waals surface area contributed by atoms with Crippen molar-refractivity contribution < 1.29 is 0 Å². The van der Waals surface area contributed by atoms with E-state index in [-0.39, 0.29) is 0 Å². The number of aromatic nitrogens is 1. The van der Waals surface area contributed by atoms with Crippen LogP contribution in [0.15, 0.2) is 4.99 Å². The molecule has 0 atom stereocenters. The Balaban J connectivity index is 2.56. The van der Waals surface area contributed by atoms with E-state index in [4.69, 9.17) is 0 Å². The first-order valence-electron chi connectivity index (χ1n) is 6.11. The highest BCUT2D eigenvalue weighted by molar-refractivity contribution is 7.98. The Kier molecular flexibility index (Phi) is 7.12. The molecular weight excluding hydrogens is 264 g/mol. The van der Waals surface area contributed by atoms with Crippen LogP contribution in [-0.4, -0.2) is 36.0 Å². The maximum atomic E-state index is 4.59. The van der Waals surface area contributed by atoms with Crippen LogP contribution in [0, 0.1) is 13.8 Å². The van der Waals surface area contributed by atoms with Crippen molar-refractivity contribution in [1.29, 1.82) is 0 Å². The van der Waals surface area contributed by atoms with Crippen LogP contribution < -0.4 is 10.6 Å². The molecule has 2 N–H and O–H groups in total. The van der Waals surface area contributed by atoms with Gasteiger partial charge in [0.2, 0.25) is 0 Å². The summed E-state index contributed by atoms with van der Waals surface area (Å²) in [7, 11) is 0. The molecule has 18 heavy (non-hydrogen) atoms. The summed E-state index contributed by atoms with van der Waals surface area (Å²) in [6.07, 6.45) is 2.11. The van der Waals surface area contributed by atoms with Crippen molar-refractivity contribution in [2.45, 2.75) is 27.3 Å². The fourth-order valence-corrected chi connectivity index (χ4v) is 2.65. The Morgan fingerprint density at radius 3 is 2.72 bits per heavy atom. The number of hydrogen-bond donors (Lipinski definition) is 2. The van der Waals surface area contributed by atoms with Crippen LogP contribution >= 0.6 is 23.1 Å². The second-order valence-corrected chi connectivity index (χ2v) is 6.13. The molecule has 0 unspecified atom stereocenters. The van der Waals surface area contributed by atoms with Gasteiger partial charge in [-0.1, -0.05) is 0 Å². The van der Waals surface area contributed by atoms with Gasteiger partial charge in [-0.15, -0.1) is 11.3 Å². The number of guanidine groups is 1. The highest BCUT2D eigenvalue weighted by Gasteiger charge is 2.04. The molecule has 1 aromatic rings. The molecule has 4 nitrogen and oxygen atoms in total. The molecule has 0 saturated carbocycles. The minimum atomic E-state index is 0.700. The van der Waals surface area contributed by atoms with Crippen molar-refractivity contribution >= 4 is 29.1 Å². The van der Waals surface area contributed by atoms with Gasteiger partial charge in [0.15, 0.2) is 5.96 Å². The molecule has 1 rings (SSSR count). The van der Waals surface area contributed by atoms with Crippen molar-refractivity contribution in [3.63, 3.8) is 0 Å². The van der Waals surface area contributed by atoms with E-state index < -0.39 is 0 Å². The van der Waals surface area contributed by atoms with Gasteiger partial charge in [0.25, 0.3) is 0 Å². The fraction of sp³-hybridized carbons (Fsp3) is 0.667. The summed E-state index contributed by atoms with van der Waals surface area (Å²) in [5.74, 6) is 1.97. The molecule has 0 spiro atoms. The molecule has 0 fully saturated rings. The van der Waals surface area contributed by atoms with Crippen LogP contribution in [0.1, 0.15) is 22.5 Å². The summed E-state index contributed by atoms with van der Waals surface area (Å²) in [4.78, 5) is 10.2. The monoisotopic (exact) mass is 286 g/mol. The Morgan fingerprint density at radius 1 is 1.39 bits per heavy atom. The molecule has 0 aliphatic carbocycles. The predicted molar refractivity (Wildman–Crippen MR) is 82.8 cm³/mol. The highest BCUT2D eigenvalue weighted by Crippen LogP contribution is 2.17. The van der Waals surface area contributed by atoms with E-state index in [1.807, 2.05) is 25.6 Å². The first kappa shape index (κ1) is 15.3. The Bertz CT molecular complexity index is 387. The zero-order valence-electron chi connectivity index (χ0n) is 11.5. The zero-order valence-corrected chi connectivity index (χ0v) is 13.2. The summed E-state index contributed by atoms with van der Waals surface area (Å²) < 4.78 is 0. The second kappa shape index (κ2) is 8.37. The minimum absolute atomic E-state index is 0.700. The van der Waals surface area contributed by atoms with Gasteiger partial charge >= 0.3 is 0 Å². The van der Waals surface area contributed by atoms with Crippen LogP contribution in [0.5, 0.6) is 0 Å². The third-order valence-corrected chi connectivity index (χ3v) is 3.99. The van der Waals surface area contributed by atoms with E-state index in [1.165, 1.54) is 4.88 Å². The van der Waals surface area contributed by atoms with E-state index in [0.717, 1.165) is 35.5 Å². The molecule has 0 amide bonds. The van der Waals surface area contributed by atoms with Gasteiger partial charge < -0.3 is 10.6 Å². The first-order chi connectivity index (χ1) is 8.67. The largest absolute Gasteiger partial charge is 0.357 e. The molecule has 102 valence electrons.